The molecule has 4 nitrogen and oxygen atoms in total. The SMILES string of the molecule is N#Cc1ccc(Br)cc1Oc1cccc(F)c1C(=O)O. The molecule has 0 fully saturated rings. The van der Waals surface area contributed by atoms with E-state index in [4.69, 9.17) is 15.1 Å². The fourth-order valence-corrected chi connectivity index (χ4v) is 1.93. The van der Waals surface area contributed by atoms with Gasteiger partial charge >= 0.3 is 5.97 Å². The molecule has 1 N–H and O–H groups in total. The van der Waals surface area contributed by atoms with Gasteiger partial charge in [0.05, 0.1) is 5.56 Å². The highest BCUT2D eigenvalue weighted by Gasteiger charge is 2.18. The van der Waals surface area contributed by atoms with Crippen molar-refractivity contribution in [3.8, 4) is 17.6 Å². The van der Waals surface area contributed by atoms with E-state index < -0.39 is 17.3 Å². The molecule has 20 heavy (non-hydrogen) atoms. The van der Waals surface area contributed by atoms with E-state index in [9.17, 15) is 9.18 Å². The van der Waals surface area contributed by atoms with Crippen molar-refractivity contribution in [2.24, 2.45) is 0 Å². The Morgan fingerprint density at radius 3 is 2.70 bits per heavy atom. The van der Waals surface area contributed by atoms with Crippen molar-refractivity contribution in [1.29, 1.82) is 5.26 Å². The van der Waals surface area contributed by atoms with E-state index in [1.165, 1.54) is 24.3 Å². The van der Waals surface area contributed by atoms with Crippen LogP contribution >= 0.6 is 15.9 Å². The first kappa shape index (κ1) is 14.0. The monoisotopic (exact) mass is 335 g/mol. The van der Waals surface area contributed by atoms with Crippen LogP contribution in [0.3, 0.4) is 0 Å². The van der Waals surface area contributed by atoms with E-state index in [0.29, 0.717) is 4.47 Å². The van der Waals surface area contributed by atoms with Crippen LogP contribution in [0, 0.1) is 17.1 Å². The molecule has 0 saturated carbocycles. The Bertz CT molecular complexity index is 725. The number of nitriles is 1. The van der Waals surface area contributed by atoms with Gasteiger partial charge in [0, 0.05) is 4.47 Å². The summed E-state index contributed by atoms with van der Waals surface area (Å²) in [7, 11) is 0. The molecule has 0 bridgehead atoms. The Morgan fingerprint density at radius 2 is 2.05 bits per heavy atom. The molecule has 0 atom stereocenters. The minimum Gasteiger partial charge on any atom is -0.477 e. The molecule has 0 saturated heterocycles. The second kappa shape index (κ2) is 5.72. The molecule has 0 aliphatic heterocycles. The highest BCUT2D eigenvalue weighted by atomic mass is 79.9. The molecule has 0 amide bonds. The van der Waals surface area contributed by atoms with E-state index in [1.54, 1.807) is 6.07 Å². The standard InChI is InChI=1S/C14H7BrFNO3/c15-9-5-4-8(7-17)12(6-9)20-11-3-1-2-10(16)13(11)14(18)19/h1-6H,(H,18,19). The summed E-state index contributed by atoms with van der Waals surface area (Å²) in [6, 6.07) is 10.3. The lowest BCUT2D eigenvalue weighted by Gasteiger charge is -2.10. The maximum atomic E-state index is 13.5. The van der Waals surface area contributed by atoms with Crippen molar-refractivity contribution in [2.45, 2.75) is 0 Å². The van der Waals surface area contributed by atoms with Gasteiger partial charge in [-0.15, -0.1) is 0 Å². The molecule has 0 aliphatic carbocycles. The van der Waals surface area contributed by atoms with Crippen LogP contribution < -0.4 is 4.74 Å². The molecule has 0 aromatic heterocycles. The van der Waals surface area contributed by atoms with Crippen LogP contribution in [0.4, 0.5) is 4.39 Å². The summed E-state index contributed by atoms with van der Waals surface area (Å²) in [5, 5.41) is 18.0. The average Bonchev–Trinajstić information content (AvgIpc) is 2.38. The highest BCUT2D eigenvalue weighted by molar-refractivity contribution is 9.10. The summed E-state index contributed by atoms with van der Waals surface area (Å²) >= 11 is 3.22. The summed E-state index contributed by atoms with van der Waals surface area (Å²) in [6.07, 6.45) is 0. The van der Waals surface area contributed by atoms with E-state index >= 15 is 0 Å². The number of carboxylic acids is 1. The molecular weight excluding hydrogens is 329 g/mol. The molecule has 2 rings (SSSR count). The maximum Gasteiger partial charge on any atom is 0.342 e. The van der Waals surface area contributed by atoms with Gasteiger partial charge in [-0.2, -0.15) is 5.26 Å². The van der Waals surface area contributed by atoms with E-state index in [-0.39, 0.29) is 17.1 Å². The second-order valence-corrected chi connectivity index (χ2v) is 4.69. The van der Waals surface area contributed by atoms with Crippen molar-refractivity contribution in [3.05, 3.63) is 57.8 Å². The lowest BCUT2D eigenvalue weighted by Crippen LogP contribution is -2.04. The van der Waals surface area contributed by atoms with Crippen LogP contribution in [0.1, 0.15) is 15.9 Å². The zero-order chi connectivity index (χ0) is 14.7. The molecule has 100 valence electrons. The summed E-state index contributed by atoms with van der Waals surface area (Å²) in [5.41, 5.74) is -0.356. The molecule has 0 spiro atoms. The van der Waals surface area contributed by atoms with Gasteiger partial charge < -0.3 is 9.84 Å². The van der Waals surface area contributed by atoms with E-state index in [2.05, 4.69) is 15.9 Å². The second-order valence-electron chi connectivity index (χ2n) is 3.77. The minimum atomic E-state index is -1.44. The van der Waals surface area contributed by atoms with Crippen LogP contribution in [-0.4, -0.2) is 11.1 Å². The predicted octanol–water partition coefficient (Wildman–Crippen LogP) is 3.95. The predicted molar refractivity (Wildman–Crippen MR) is 72.3 cm³/mol. The normalized spacial score (nSPS) is 9.85. The Morgan fingerprint density at radius 1 is 1.30 bits per heavy atom. The van der Waals surface area contributed by atoms with Gasteiger partial charge in [-0.3, -0.25) is 0 Å². The third-order valence-corrected chi connectivity index (χ3v) is 2.97. The van der Waals surface area contributed by atoms with Crippen LogP contribution in [0.25, 0.3) is 0 Å². The molecule has 6 heteroatoms. The Balaban J connectivity index is 2.51. The van der Waals surface area contributed by atoms with Crippen LogP contribution in [0.15, 0.2) is 40.9 Å². The molecular formula is C14H7BrFNO3. The van der Waals surface area contributed by atoms with Crippen molar-refractivity contribution in [1.82, 2.24) is 0 Å². The van der Waals surface area contributed by atoms with Crippen LogP contribution in [-0.2, 0) is 0 Å². The largest absolute Gasteiger partial charge is 0.477 e. The first-order valence-corrected chi connectivity index (χ1v) is 6.21. The number of carbonyl (C=O) groups is 1. The fraction of sp³-hybridized carbons (Fsp3) is 0. The van der Waals surface area contributed by atoms with Gasteiger partial charge in [-0.1, -0.05) is 22.0 Å². The van der Waals surface area contributed by atoms with Gasteiger partial charge in [0.15, 0.2) is 0 Å². The number of hydrogen-bond donors (Lipinski definition) is 1. The Kier molecular flexibility index (Phi) is 4.01. The smallest absolute Gasteiger partial charge is 0.342 e. The maximum absolute atomic E-state index is 13.5. The Hall–Kier alpha value is -2.39. The Labute approximate surface area is 122 Å². The van der Waals surface area contributed by atoms with E-state index in [1.807, 2.05) is 6.07 Å². The number of ether oxygens (including phenoxy) is 1. The molecule has 0 unspecified atom stereocenters. The van der Waals surface area contributed by atoms with Gasteiger partial charge in [-0.05, 0) is 30.3 Å². The van der Waals surface area contributed by atoms with Crippen molar-refractivity contribution in [3.63, 3.8) is 0 Å². The molecule has 0 heterocycles. The average molecular weight is 336 g/mol. The third kappa shape index (κ3) is 2.78. The molecule has 2 aromatic carbocycles. The van der Waals surface area contributed by atoms with Gasteiger partial charge in [0.2, 0.25) is 0 Å². The minimum absolute atomic E-state index is 0.148. The van der Waals surface area contributed by atoms with Gasteiger partial charge in [-0.25, -0.2) is 9.18 Å². The number of nitrogens with zero attached hydrogens (tertiary/aromatic N) is 1. The summed E-state index contributed by atoms with van der Waals surface area (Å²) in [6.45, 7) is 0. The number of hydrogen-bond acceptors (Lipinski definition) is 3. The first-order chi connectivity index (χ1) is 9.52. The summed E-state index contributed by atoms with van der Waals surface area (Å²) in [5.74, 6) is -2.35. The summed E-state index contributed by atoms with van der Waals surface area (Å²) in [4.78, 5) is 11.1. The van der Waals surface area contributed by atoms with E-state index in [0.717, 1.165) is 6.07 Å². The van der Waals surface area contributed by atoms with Crippen molar-refractivity contribution < 1.29 is 19.0 Å². The fourth-order valence-electron chi connectivity index (χ4n) is 1.59. The zero-order valence-electron chi connectivity index (χ0n) is 9.93. The van der Waals surface area contributed by atoms with Crippen LogP contribution in [0.2, 0.25) is 0 Å². The third-order valence-electron chi connectivity index (χ3n) is 2.47. The summed E-state index contributed by atoms with van der Waals surface area (Å²) < 4.78 is 19.6. The number of rotatable bonds is 3. The lowest BCUT2D eigenvalue weighted by molar-refractivity contribution is 0.0689. The van der Waals surface area contributed by atoms with Gasteiger partial charge in [0.25, 0.3) is 0 Å². The van der Waals surface area contributed by atoms with Gasteiger partial charge in [0.1, 0.15) is 28.9 Å². The molecule has 2 aromatic rings. The van der Waals surface area contributed by atoms with Crippen molar-refractivity contribution >= 4 is 21.9 Å². The quantitative estimate of drug-likeness (QED) is 0.921. The number of halogens is 2. The molecule has 0 aliphatic rings. The highest BCUT2D eigenvalue weighted by Crippen LogP contribution is 2.31. The zero-order valence-corrected chi connectivity index (χ0v) is 11.5. The lowest BCUT2D eigenvalue weighted by atomic mass is 10.2. The molecule has 0 radical (unpaired) electrons. The van der Waals surface area contributed by atoms with Crippen LogP contribution in [0.5, 0.6) is 11.5 Å². The number of carboxylic acid groups (broad SMARTS) is 1. The van der Waals surface area contributed by atoms with Crippen molar-refractivity contribution in [2.75, 3.05) is 0 Å². The first-order valence-electron chi connectivity index (χ1n) is 5.42. The number of benzene rings is 2. The number of aromatic carboxylic acids is 1. The topological polar surface area (TPSA) is 70.3 Å².